The van der Waals surface area contributed by atoms with Gasteiger partial charge in [-0.1, -0.05) is 12.1 Å². The van der Waals surface area contributed by atoms with Crippen LogP contribution < -0.4 is 5.32 Å². The summed E-state index contributed by atoms with van der Waals surface area (Å²) in [6.07, 6.45) is 3.21. The van der Waals surface area contributed by atoms with E-state index in [1.807, 2.05) is 51.3 Å². The van der Waals surface area contributed by atoms with Gasteiger partial charge in [0.15, 0.2) is 0 Å². The van der Waals surface area contributed by atoms with Gasteiger partial charge in [-0.25, -0.2) is 9.78 Å². The maximum Gasteiger partial charge on any atom is 0.413 e. The number of carbonyl (C=O) groups is 1. The van der Waals surface area contributed by atoms with E-state index < -0.39 is 11.7 Å². The number of thioether (sulfide) groups is 1. The third kappa shape index (κ3) is 4.77. The van der Waals surface area contributed by atoms with E-state index in [1.54, 1.807) is 18.0 Å². The molecule has 4 nitrogen and oxygen atoms in total. The number of carbonyl (C=O) groups excluding carboxylic acids is 1. The number of rotatable bonds is 3. The van der Waals surface area contributed by atoms with E-state index >= 15 is 0 Å². The zero-order valence-corrected chi connectivity index (χ0v) is 14.0. The molecule has 2 aromatic rings. The molecule has 0 radical (unpaired) electrons. The zero-order valence-electron chi connectivity index (χ0n) is 13.2. The first kappa shape index (κ1) is 16.4. The fraction of sp³-hybridized carbons (Fsp3) is 0.294. The number of amides is 1. The van der Waals surface area contributed by atoms with Crippen LogP contribution in [-0.2, 0) is 4.74 Å². The minimum absolute atomic E-state index is 0.473. The molecule has 1 aromatic heterocycles. The summed E-state index contributed by atoms with van der Waals surface area (Å²) >= 11 is 1.69. The summed E-state index contributed by atoms with van der Waals surface area (Å²) in [5, 5.41) is 2.66. The standard InChI is InChI=1S/C17H20N2O2S/c1-17(2,3)21-16(20)19-15-11-13(8-9-18-15)12-6-5-7-14(10-12)22-4/h5-11H,1-4H3,(H,18,19,20). The Bertz CT molecular complexity index is 666. The molecule has 1 heterocycles. The van der Waals surface area contributed by atoms with Crippen molar-refractivity contribution >= 4 is 23.7 Å². The van der Waals surface area contributed by atoms with Crippen molar-refractivity contribution in [2.75, 3.05) is 11.6 Å². The number of anilines is 1. The van der Waals surface area contributed by atoms with Crippen LogP contribution in [0, 0.1) is 0 Å². The van der Waals surface area contributed by atoms with Crippen LogP contribution in [0.15, 0.2) is 47.5 Å². The molecule has 0 unspecified atom stereocenters. The van der Waals surface area contributed by atoms with Crippen molar-refractivity contribution < 1.29 is 9.53 Å². The molecule has 22 heavy (non-hydrogen) atoms. The Kier molecular flexibility index (Phi) is 5.08. The molecule has 0 bridgehead atoms. The molecule has 1 aromatic carbocycles. The van der Waals surface area contributed by atoms with Crippen LogP contribution in [0.25, 0.3) is 11.1 Å². The van der Waals surface area contributed by atoms with E-state index in [0.29, 0.717) is 5.82 Å². The highest BCUT2D eigenvalue weighted by Crippen LogP contribution is 2.25. The van der Waals surface area contributed by atoms with Crippen molar-refractivity contribution in [2.24, 2.45) is 0 Å². The molecule has 0 fully saturated rings. The summed E-state index contributed by atoms with van der Waals surface area (Å²) in [6, 6.07) is 12.0. The van der Waals surface area contributed by atoms with E-state index in [4.69, 9.17) is 4.74 Å². The third-order valence-electron chi connectivity index (χ3n) is 2.79. The topological polar surface area (TPSA) is 51.2 Å². The molecular formula is C17H20N2O2S. The van der Waals surface area contributed by atoms with Crippen LogP contribution in [0.4, 0.5) is 10.6 Å². The lowest BCUT2D eigenvalue weighted by Gasteiger charge is -2.19. The van der Waals surface area contributed by atoms with Gasteiger partial charge in [0.1, 0.15) is 11.4 Å². The third-order valence-corrected chi connectivity index (χ3v) is 3.52. The normalized spacial score (nSPS) is 11.1. The SMILES string of the molecule is CSc1cccc(-c2ccnc(NC(=O)OC(C)(C)C)c2)c1. The van der Waals surface area contributed by atoms with Crippen molar-refractivity contribution in [3.05, 3.63) is 42.6 Å². The molecule has 1 N–H and O–H groups in total. The van der Waals surface area contributed by atoms with E-state index in [2.05, 4.69) is 22.4 Å². The highest BCUT2D eigenvalue weighted by Gasteiger charge is 2.16. The molecule has 0 atom stereocenters. The zero-order chi connectivity index (χ0) is 16.2. The fourth-order valence-electron chi connectivity index (χ4n) is 1.89. The van der Waals surface area contributed by atoms with Gasteiger partial charge < -0.3 is 4.74 Å². The molecule has 0 aliphatic rings. The smallest absolute Gasteiger partial charge is 0.413 e. The number of benzene rings is 1. The predicted molar refractivity (Wildman–Crippen MR) is 91.3 cm³/mol. The highest BCUT2D eigenvalue weighted by atomic mass is 32.2. The Morgan fingerprint density at radius 2 is 1.91 bits per heavy atom. The van der Waals surface area contributed by atoms with Gasteiger partial charge in [-0.3, -0.25) is 5.32 Å². The van der Waals surface area contributed by atoms with Gasteiger partial charge in [0.2, 0.25) is 0 Å². The van der Waals surface area contributed by atoms with Gasteiger partial charge in [-0.2, -0.15) is 0 Å². The van der Waals surface area contributed by atoms with E-state index in [0.717, 1.165) is 11.1 Å². The summed E-state index contributed by atoms with van der Waals surface area (Å²) < 4.78 is 5.23. The Morgan fingerprint density at radius 1 is 1.18 bits per heavy atom. The molecule has 5 heteroatoms. The van der Waals surface area contributed by atoms with Crippen LogP contribution in [0.1, 0.15) is 20.8 Å². The number of hydrogen-bond donors (Lipinski definition) is 1. The first-order valence-corrected chi connectivity index (χ1v) is 8.20. The first-order chi connectivity index (χ1) is 10.4. The predicted octanol–water partition coefficient (Wildman–Crippen LogP) is 4.82. The van der Waals surface area contributed by atoms with E-state index in [1.165, 1.54) is 4.90 Å². The van der Waals surface area contributed by atoms with Crippen LogP contribution in [0.2, 0.25) is 0 Å². The number of aromatic nitrogens is 1. The Labute approximate surface area is 135 Å². The number of pyridine rings is 1. The van der Waals surface area contributed by atoms with Gasteiger partial charge in [0.25, 0.3) is 0 Å². The maximum atomic E-state index is 11.8. The molecule has 0 spiro atoms. The van der Waals surface area contributed by atoms with Crippen molar-refractivity contribution in [1.29, 1.82) is 0 Å². The number of nitrogens with one attached hydrogen (secondary N) is 1. The minimum atomic E-state index is -0.533. The molecular weight excluding hydrogens is 296 g/mol. The van der Waals surface area contributed by atoms with Crippen molar-refractivity contribution in [1.82, 2.24) is 4.98 Å². The number of nitrogens with zero attached hydrogens (tertiary/aromatic N) is 1. The molecule has 0 saturated carbocycles. The van der Waals surface area contributed by atoms with Crippen LogP contribution in [0.5, 0.6) is 0 Å². The summed E-state index contributed by atoms with van der Waals surface area (Å²) in [6.45, 7) is 5.47. The highest BCUT2D eigenvalue weighted by molar-refractivity contribution is 7.98. The molecule has 0 aliphatic carbocycles. The van der Waals surface area contributed by atoms with Crippen molar-refractivity contribution in [2.45, 2.75) is 31.3 Å². The average molecular weight is 316 g/mol. The van der Waals surface area contributed by atoms with Crippen molar-refractivity contribution in [3.8, 4) is 11.1 Å². The molecule has 1 amide bonds. The van der Waals surface area contributed by atoms with Gasteiger partial charge >= 0.3 is 6.09 Å². The van der Waals surface area contributed by atoms with Crippen LogP contribution in [0.3, 0.4) is 0 Å². The summed E-state index contributed by atoms with van der Waals surface area (Å²) in [7, 11) is 0. The number of ether oxygens (including phenoxy) is 1. The van der Waals surface area contributed by atoms with Gasteiger partial charge in [0, 0.05) is 11.1 Å². The molecule has 0 saturated heterocycles. The fourth-order valence-corrected chi connectivity index (χ4v) is 2.35. The summed E-state index contributed by atoms with van der Waals surface area (Å²) in [5.74, 6) is 0.473. The molecule has 116 valence electrons. The Morgan fingerprint density at radius 3 is 2.59 bits per heavy atom. The average Bonchev–Trinajstić information content (AvgIpc) is 2.45. The monoisotopic (exact) mass is 316 g/mol. The summed E-state index contributed by atoms with van der Waals surface area (Å²) in [5.41, 5.74) is 1.55. The molecule has 0 aliphatic heterocycles. The lowest BCUT2D eigenvalue weighted by Crippen LogP contribution is -2.27. The van der Waals surface area contributed by atoms with Crippen molar-refractivity contribution in [3.63, 3.8) is 0 Å². The van der Waals surface area contributed by atoms with Crippen LogP contribution in [-0.4, -0.2) is 22.9 Å². The Balaban J connectivity index is 2.18. The van der Waals surface area contributed by atoms with E-state index in [-0.39, 0.29) is 0 Å². The minimum Gasteiger partial charge on any atom is -0.444 e. The second-order valence-electron chi connectivity index (χ2n) is 5.79. The van der Waals surface area contributed by atoms with Gasteiger partial charge in [-0.05, 0) is 62.4 Å². The Hall–Kier alpha value is -2.01. The second-order valence-corrected chi connectivity index (χ2v) is 6.67. The largest absolute Gasteiger partial charge is 0.444 e. The first-order valence-electron chi connectivity index (χ1n) is 6.98. The van der Waals surface area contributed by atoms with Gasteiger partial charge in [0.05, 0.1) is 0 Å². The molecule has 2 rings (SSSR count). The number of hydrogen-bond acceptors (Lipinski definition) is 4. The van der Waals surface area contributed by atoms with Gasteiger partial charge in [-0.15, -0.1) is 11.8 Å². The quantitative estimate of drug-likeness (QED) is 0.825. The summed E-state index contributed by atoms with van der Waals surface area (Å²) in [4.78, 5) is 17.2. The second kappa shape index (κ2) is 6.83. The lowest BCUT2D eigenvalue weighted by molar-refractivity contribution is 0.0635. The van der Waals surface area contributed by atoms with E-state index in [9.17, 15) is 4.79 Å². The maximum absolute atomic E-state index is 11.8. The van der Waals surface area contributed by atoms with Crippen LogP contribution >= 0.6 is 11.8 Å². The lowest BCUT2D eigenvalue weighted by atomic mass is 10.1.